The summed E-state index contributed by atoms with van der Waals surface area (Å²) < 4.78 is 12.2. The lowest BCUT2D eigenvalue weighted by atomic mass is 10.0. The highest BCUT2D eigenvalue weighted by Gasteiger charge is 2.21. The van der Waals surface area contributed by atoms with Crippen molar-refractivity contribution in [3.05, 3.63) is 218 Å². The average molecular weight is 773 g/mol. The zero-order valence-electron chi connectivity index (χ0n) is 32.0. The van der Waals surface area contributed by atoms with Crippen LogP contribution in [0.15, 0.2) is 218 Å². The molecular formula is C54H36N4S. The number of para-hydroxylation sites is 1. The van der Waals surface area contributed by atoms with Crippen LogP contribution in [0.2, 0.25) is 0 Å². The van der Waals surface area contributed by atoms with Crippen molar-refractivity contribution in [3.8, 4) is 50.2 Å². The van der Waals surface area contributed by atoms with Gasteiger partial charge in [0.15, 0.2) is 0 Å². The molecule has 0 bridgehead atoms. The molecule has 11 rings (SSSR count). The fourth-order valence-electron chi connectivity index (χ4n) is 8.42. The summed E-state index contributed by atoms with van der Waals surface area (Å²) in [4.78, 5) is 2.28. The first kappa shape index (κ1) is 34.6. The Bertz CT molecular complexity index is 3130. The summed E-state index contributed by atoms with van der Waals surface area (Å²) in [6.07, 6.45) is 0. The molecule has 0 spiro atoms. The summed E-state index contributed by atoms with van der Waals surface area (Å²) in [7, 11) is 0. The van der Waals surface area contributed by atoms with Crippen LogP contribution in [0.25, 0.3) is 83.0 Å². The Morgan fingerprint density at radius 1 is 0.356 bits per heavy atom. The molecule has 59 heavy (non-hydrogen) atoms. The first-order valence-corrected chi connectivity index (χ1v) is 20.6. The molecule has 2 aromatic heterocycles. The quantitative estimate of drug-likeness (QED) is 0.154. The number of hydrogen-bond acceptors (Lipinski definition) is 4. The van der Waals surface area contributed by atoms with Crippen molar-refractivity contribution >= 4 is 61.6 Å². The van der Waals surface area contributed by atoms with Gasteiger partial charge in [-0.05, 0) is 112 Å². The van der Waals surface area contributed by atoms with E-state index in [4.69, 9.17) is 8.75 Å². The Morgan fingerprint density at radius 2 is 0.797 bits per heavy atom. The lowest BCUT2D eigenvalue weighted by Gasteiger charge is -2.26. The van der Waals surface area contributed by atoms with Crippen molar-refractivity contribution in [2.24, 2.45) is 0 Å². The summed E-state index contributed by atoms with van der Waals surface area (Å²) in [5.41, 5.74) is 17.7. The standard InChI is InChI=1S/C54H36N4S/c1-5-13-37(14-6-1)40-21-27-45(28-22-40)57(44-19-11-4-12-20-44)52-34-31-47(53-54(52)56-59-55-53)41-23-29-46(30-24-41)58-50-32-25-42(38-15-7-2-8-16-38)35-48(50)49-36-43(26-33-51(49)58)39-17-9-3-10-18-39/h1-36H. The van der Waals surface area contributed by atoms with Crippen molar-refractivity contribution in [2.75, 3.05) is 4.90 Å². The molecule has 0 aliphatic carbocycles. The van der Waals surface area contributed by atoms with E-state index >= 15 is 0 Å². The van der Waals surface area contributed by atoms with Crippen molar-refractivity contribution < 1.29 is 0 Å². The Balaban J connectivity index is 0.996. The van der Waals surface area contributed by atoms with Crippen LogP contribution in [0.5, 0.6) is 0 Å². The minimum Gasteiger partial charge on any atom is -0.309 e. The zero-order chi connectivity index (χ0) is 39.1. The van der Waals surface area contributed by atoms with Crippen LogP contribution < -0.4 is 4.90 Å². The average Bonchev–Trinajstić information content (AvgIpc) is 3.94. The van der Waals surface area contributed by atoms with Gasteiger partial charge in [-0.15, -0.1) is 0 Å². The van der Waals surface area contributed by atoms with Gasteiger partial charge >= 0.3 is 0 Å². The number of fused-ring (bicyclic) bond motifs is 4. The van der Waals surface area contributed by atoms with Gasteiger partial charge in [0.1, 0.15) is 11.0 Å². The van der Waals surface area contributed by atoms with Crippen LogP contribution in [-0.4, -0.2) is 13.3 Å². The largest absolute Gasteiger partial charge is 0.309 e. The highest BCUT2D eigenvalue weighted by atomic mass is 32.1. The molecule has 0 radical (unpaired) electrons. The summed E-state index contributed by atoms with van der Waals surface area (Å²) >= 11 is 1.26. The normalized spacial score (nSPS) is 11.4. The molecule has 2 heterocycles. The van der Waals surface area contributed by atoms with Crippen molar-refractivity contribution in [2.45, 2.75) is 0 Å². The maximum absolute atomic E-state index is 4.91. The van der Waals surface area contributed by atoms with Crippen LogP contribution in [0.4, 0.5) is 17.1 Å². The van der Waals surface area contributed by atoms with Crippen LogP contribution in [0.3, 0.4) is 0 Å². The van der Waals surface area contributed by atoms with E-state index in [0.717, 1.165) is 44.9 Å². The van der Waals surface area contributed by atoms with E-state index in [1.807, 2.05) is 0 Å². The van der Waals surface area contributed by atoms with Crippen LogP contribution in [-0.2, 0) is 0 Å². The van der Waals surface area contributed by atoms with Gasteiger partial charge in [0, 0.05) is 33.4 Å². The van der Waals surface area contributed by atoms with E-state index < -0.39 is 0 Å². The topological polar surface area (TPSA) is 34.0 Å². The summed E-state index contributed by atoms with van der Waals surface area (Å²) in [5.74, 6) is 0. The highest BCUT2D eigenvalue weighted by molar-refractivity contribution is 7.00. The number of hydrogen-bond donors (Lipinski definition) is 0. The van der Waals surface area contributed by atoms with E-state index in [1.165, 1.54) is 66.9 Å². The van der Waals surface area contributed by atoms with E-state index in [1.54, 1.807) is 0 Å². The molecular weight excluding hydrogens is 737 g/mol. The van der Waals surface area contributed by atoms with Crippen molar-refractivity contribution in [1.82, 2.24) is 13.3 Å². The Kier molecular flexibility index (Phi) is 8.64. The molecule has 5 heteroatoms. The van der Waals surface area contributed by atoms with Gasteiger partial charge in [0.25, 0.3) is 0 Å². The van der Waals surface area contributed by atoms with Crippen LogP contribution in [0, 0.1) is 0 Å². The number of anilines is 3. The number of aromatic nitrogens is 3. The molecule has 278 valence electrons. The van der Waals surface area contributed by atoms with Gasteiger partial charge in [-0.1, -0.05) is 146 Å². The molecule has 0 aliphatic heterocycles. The molecule has 11 aromatic rings. The van der Waals surface area contributed by atoms with Gasteiger partial charge < -0.3 is 9.47 Å². The second kappa shape index (κ2) is 14.7. The first-order chi connectivity index (χ1) is 29.3. The predicted octanol–water partition coefficient (Wildman–Crippen LogP) is 14.9. The fraction of sp³-hybridized carbons (Fsp3) is 0. The maximum atomic E-state index is 4.91. The van der Waals surface area contributed by atoms with Crippen molar-refractivity contribution in [1.29, 1.82) is 0 Å². The second-order valence-corrected chi connectivity index (χ2v) is 15.3. The second-order valence-electron chi connectivity index (χ2n) is 14.8. The minimum absolute atomic E-state index is 0.874. The molecule has 0 atom stereocenters. The lowest BCUT2D eigenvalue weighted by molar-refractivity contribution is 1.18. The summed E-state index contributed by atoms with van der Waals surface area (Å²) in [6, 6.07) is 78.0. The zero-order valence-corrected chi connectivity index (χ0v) is 32.8. The smallest absolute Gasteiger partial charge is 0.129 e. The Hall–Kier alpha value is -7.60. The van der Waals surface area contributed by atoms with E-state index in [0.29, 0.717) is 0 Å². The molecule has 0 aliphatic rings. The van der Waals surface area contributed by atoms with E-state index in [-0.39, 0.29) is 0 Å². The third kappa shape index (κ3) is 6.25. The van der Waals surface area contributed by atoms with Gasteiger partial charge in [-0.2, -0.15) is 8.75 Å². The lowest BCUT2D eigenvalue weighted by Crippen LogP contribution is -2.10. The van der Waals surface area contributed by atoms with Crippen LogP contribution in [0.1, 0.15) is 0 Å². The molecule has 4 nitrogen and oxygen atoms in total. The molecule has 9 aromatic carbocycles. The Labute approximate surface area is 346 Å². The predicted molar refractivity (Wildman–Crippen MR) is 248 cm³/mol. The molecule has 0 saturated heterocycles. The monoisotopic (exact) mass is 772 g/mol. The fourth-order valence-corrected chi connectivity index (χ4v) is 8.99. The van der Waals surface area contributed by atoms with Crippen LogP contribution >= 0.6 is 11.7 Å². The highest BCUT2D eigenvalue weighted by Crippen LogP contribution is 2.42. The maximum Gasteiger partial charge on any atom is 0.129 e. The van der Waals surface area contributed by atoms with Gasteiger partial charge in [0.2, 0.25) is 0 Å². The van der Waals surface area contributed by atoms with Gasteiger partial charge in [0.05, 0.1) is 28.4 Å². The van der Waals surface area contributed by atoms with Gasteiger partial charge in [-0.3, -0.25) is 0 Å². The molecule has 0 amide bonds. The summed E-state index contributed by atoms with van der Waals surface area (Å²) in [6.45, 7) is 0. The van der Waals surface area contributed by atoms with E-state index in [9.17, 15) is 0 Å². The number of benzene rings is 9. The molecule has 0 fully saturated rings. The third-order valence-corrected chi connectivity index (χ3v) is 11.8. The minimum atomic E-state index is 0.874. The van der Waals surface area contributed by atoms with Crippen molar-refractivity contribution in [3.63, 3.8) is 0 Å². The third-order valence-electron chi connectivity index (χ3n) is 11.3. The van der Waals surface area contributed by atoms with E-state index in [2.05, 4.69) is 228 Å². The number of nitrogens with zero attached hydrogens (tertiary/aromatic N) is 4. The number of rotatable bonds is 8. The van der Waals surface area contributed by atoms with Gasteiger partial charge in [-0.25, -0.2) is 0 Å². The SMILES string of the molecule is c1ccc(-c2ccc(N(c3ccccc3)c3ccc(-c4ccc(-n5c6ccc(-c7ccccc7)cc6c6cc(-c7ccccc7)ccc65)cc4)c4nsnc34)cc2)cc1. The summed E-state index contributed by atoms with van der Waals surface area (Å²) in [5, 5.41) is 2.46. The molecule has 0 N–H and O–H groups in total. The first-order valence-electron chi connectivity index (χ1n) is 19.8. The Morgan fingerprint density at radius 3 is 1.36 bits per heavy atom. The molecule has 0 saturated carbocycles. The molecule has 0 unspecified atom stereocenters.